The van der Waals surface area contributed by atoms with Crippen LogP contribution in [0.25, 0.3) is 55.8 Å². The molecule has 0 fully saturated rings. The van der Waals surface area contributed by atoms with Gasteiger partial charge in [-0.05, 0) is 57.3 Å². The first kappa shape index (κ1) is 24.9. The molecule has 8 aromatic rings. The van der Waals surface area contributed by atoms with E-state index in [0.29, 0.717) is 22.8 Å². The molecule has 0 radical (unpaired) electrons. The van der Waals surface area contributed by atoms with E-state index in [-0.39, 0.29) is 12.1 Å². The summed E-state index contributed by atoms with van der Waals surface area (Å²) in [5, 5.41) is 2.24. The Bertz CT molecular complexity index is 2620. The van der Waals surface area contributed by atoms with Crippen molar-refractivity contribution in [3.8, 4) is 56.5 Å². The van der Waals surface area contributed by atoms with Gasteiger partial charge < -0.3 is 4.74 Å². The second kappa shape index (κ2) is 10.3. The Balaban J connectivity index is 1.26. The molecule has 48 heavy (non-hydrogen) atoms. The molecule has 3 heteroatoms. The molecule has 0 bridgehead atoms. The Hall–Kier alpha value is -6.32. The van der Waals surface area contributed by atoms with Gasteiger partial charge in [0, 0.05) is 27.8 Å². The van der Waals surface area contributed by atoms with Gasteiger partial charge in [-0.3, -0.25) is 0 Å². The van der Waals surface area contributed by atoms with Gasteiger partial charge in [0.25, 0.3) is 0 Å². The first-order chi connectivity index (χ1) is 24.6. The minimum Gasteiger partial charge on any atom is -0.456 e. The lowest BCUT2D eigenvalue weighted by Gasteiger charge is -2.40. The van der Waals surface area contributed by atoms with Gasteiger partial charge in [0.1, 0.15) is 11.5 Å². The molecule has 0 N–H and O–H groups in total. The fourth-order valence-corrected chi connectivity index (χ4v) is 7.77. The van der Waals surface area contributed by atoms with Crippen molar-refractivity contribution >= 4 is 10.8 Å². The molecule has 0 unspecified atom stereocenters. The molecule has 0 saturated heterocycles. The van der Waals surface area contributed by atoms with E-state index in [1.54, 1.807) is 12.1 Å². The van der Waals surface area contributed by atoms with E-state index >= 15 is 0 Å². The number of fused-ring (bicyclic) bond motifs is 10. The smallest absolute Gasteiger partial charge is 0.160 e. The van der Waals surface area contributed by atoms with E-state index in [0.717, 1.165) is 44.5 Å². The topological polar surface area (TPSA) is 35.0 Å². The van der Waals surface area contributed by atoms with Crippen molar-refractivity contribution in [3.63, 3.8) is 0 Å². The van der Waals surface area contributed by atoms with E-state index in [4.69, 9.17) is 17.4 Å². The van der Waals surface area contributed by atoms with Crippen molar-refractivity contribution in [2.24, 2.45) is 0 Å². The first-order valence-corrected chi connectivity index (χ1v) is 16.2. The van der Waals surface area contributed by atoms with Gasteiger partial charge in [0.2, 0.25) is 0 Å². The van der Waals surface area contributed by atoms with E-state index in [1.165, 1.54) is 28.3 Å². The largest absolute Gasteiger partial charge is 0.456 e. The number of ether oxygens (including phenoxy) is 1. The molecule has 2 heterocycles. The summed E-state index contributed by atoms with van der Waals surface area (Å²) in [5.74, 6) is 2.12. The lowest BCUT2D eigenvalue weighted by atomic mass is 9.65. The van der Waals surface area contributed by atoms with Gasteiger partial charge in [-0.25, -0.2) is 9.97 Å². The van der Waals surface area contributed by atoms with Crippen LogP contribution in [-0.2, 0) is 5.41 Å². The predicted molar refractivity (Wildman–Crippen MR) is 193 cm³/mol. The summed E-state index contributed by atoms with van der Waals surface area (Å²) in [6.07, 6.45) is 0. The minimum atomic E-state index is -0.593. The zero-order valence-electron chi connectivity index (χ0n) is 27.8. The second-order valence-corrected chi connectivity index (χ2v) is 12.4. The Morgan fingerprint density at radius 1 is 0.458 bits per heavy atom. The van der Waals surface area contributed by atoms with Crippen LogP contribution in [-0.4, -0.2) is 9.97 Å². The molecular weight excluding hydrogens is 585 g/mol. The van der Waals surface area contributed by atoms with E-state index in [9.17, 15) is 0 Å². The number of hydrogen-bond donors (Lipinski definition) is 0. The summed E-state index contributed by atoms with van der Waals surface area (Å²) >= 11 is 0. The third kappa shape index (κ3) is 3.82. The molecule has 2 aliphatic rings. The van der Waals surface area contributed by atoms with Gasteiger partial charge in [0.15, 0.2) is 5.82 Å². The maximum Gasteiger partial charge on any atom is 0.160 e. The van der Waals surface area contributed by atoms with Gasteiger partial charge in [-0.15, -0.1) is 0 Å². The fraction of sp³-hybridized carbons (Fsp3) is 0.0222. The monoisotopic (exact) mass is 614 g/mol. The first-order valence-electron chi connectivity index (χ1n) is 17.2. The molecule has 224 valence electrons. The normalized spacial score (nSPS) is 13.9. The quantitative estimate of drug-likeness (QED) is 0.199. The summed E-state index contributed by atoms with van der Waals surface area (Å²) in [6.45, 7) is 0. The van der Waals surface area contributed by atoms with Crippen molar-refractivity contribution in [3.05, 3.63) is 192 Å². The number of benzene rings is 7. The predicted octanol–water partition coefficient (Wildman–Crippen LogP) is 11.1. The van der Waals surface area contributed by atoms with Crippen LogP contribution in [0.2, 0.25) is 0 Å². The van der Waals surface area contributed by atoms with Crippen LogP contribution in [0, 0.1) is 0 Å². The molecular formula is C45H28N2O. The maximum atomic E-state index is 8.37. The van der Waals surface area contributed by atoms with E-state index in [2.05, 4.69) is 115 Å². The van der Waals surface area contributed by atoms with Crippen molar-refractivity contribution in [2.45, 2.75) is 5.41 Å². The summed E-state index contributed by atoms with van der Waals surface area (Å²) in [5.41, 5.74) is 10.2. The van der Waals surface area contributed by atoms with E-state index in [1.807, 2.05) is 24.3 Å². The SMILES string of the molecule is [2H]c1cc([2H])cc(-c2cc(-c3cccc4c3Oc3ccccc3C43c4ccccc4-c4ccccc43)nc(-c3ccc4ccccc4c3)n2)c1. The van der Waals surface area contributed by atoms with Gasteiger partial charge in [0.05, 0.1) is 19.5 Å². The van der Waals surface area contributed by atoms with Crippen molar-refractivity contribution in [1.29, 1.82) is 0 Å². The molecule has 3 nitrogen and oxygen atoms in total. The Labute approximate surface area is 281 Å². The zero-order valence-corrected chi connectivity index (χ0v) is 25.8. The molecule has 1 aliphatic heterocycles. The van der Waals surface area contributed by atoms with E-state index < -0.39 is 5.41 Å². The number of para-hydroxylation sites is 2. The lowest BCUT2D eigenvalue weighted by Crippen LogP contribution is -2.32. The lowest BCUT2D eigenvalue weighted by molar-refractivity contribution is 0.438. The highest BCUT2D eigenvalue weighted by molar-refractivity contribution is 5.91. The summed E-state index contributed by atoms with van der Waals surface area (Å²) in [7, 11) is 0. The average Bonchev–Trinajstić information content (AvgIpc) is 3.45. The highest BCUT2D eigenvalue weighted by Crippen LogP contribution is 2.63. The number of aromatic nitrogens is 2. The van der Waals surface area contributed by atoms with Crippen LogP contribution in [0.3, 0.4) is 0 Å². The molecule has 0 saturated carbocycles. The van der Waals surface area contributed by atoms with Crippen LogP contribution in [0.4, 0.5) is 0 Å². The molecule has 0 amide bonds. The van der Waals surface area contributed by atoms with Crippen LogP contribution in [0.5, 0.6) is 11.5 Å². The number of hydrogen-bond acceptors (Lipinski definition) is 3. The third-order valence-corrected chi connectivity index (χ3v) is 9.82. The highest BCUT2D eigenvalue weighted by atomic mass is 16.5. The maximum absolute atomic E-state index is 8.37. The highest BCUT2D eigenvalue weighted by Gasteiger charge is 2.51. The van der Waals surface area contributed by atoms with Crippen molar-refractivity contribution < 1.29 is 7.48 Å². The summed E-state index contributed by atoms with van der Waals surface area (Å²) in [6, 6.07) is 54.2. The molecule has 1 spiro atoms. The summed E-state index contributed by atoms with van der Waals surface area (Å²) in [4.78, 5) is 10.3. The molecule has 10 rings (SSSR count). The Kier molecular flexibility index (Phi) is 5.36. The standard InChI is InChI=1S/C45H28N2O/c1-2-14-30(15-3-1)40-28-41(47-44(46-40)32-26-25-29-13-4-5-16-31(29)27-32)35-19-12-23-39-43(35)48-42-24-11-10-22-38(42)45(39)36-20-8-6-17-33(36)34-18-7-9-21-37(34)45/h1-28H/i2D,3D. The molecule has 1 aliphatic carbocycles. The fourth-order valence-electron chi connectivity index (χ4n) is 7.77. The summed E-state index contributed by atoms with van der Waals surface area (Å²) < 4.78 is 23.7. The zero-order chi connectivity index (χ0) is 33.4. The molecule has 1 aromatic heterocycles. The van der Waals surface area contributed by atoms with Crippen LogP contribution >= 0.6 is 0 Å². The van der Waals surface area contributed by atoms with Gasteiger partial charge in [-0.2, -0.15) is 0 Å². The van der Waals surface area contributed by atoms with Gasteiger partial charge in [-0.1, -0.05) is 146 Å². The third-order valence-electron chi connectivity index (χ3n) is 9.82. The van der Waals surface area contributed by atoms with Crippen LogP contribution in [0.1, 0.15) is 25.0 Å². The molecule has 0 atom stereocenters. The second-order valence-electron chi connectivity index (χ2n) is 12.4. The number of rotatable bonds is 3. The van der Waals surface area contributed by atoms with Gasteiger partial charge >= 0.3 is 0 Å². The van der Waals surface area contributed by atoms with Crippen LogP contribution in [0.15, 0.2) is 170 Å². The molecule has 7 aromatic carbocycles. The number of nitrogens with zero attached hydrogens (tertiary/aromatic N) is 2. The average molecular weight is 615 g/mol. The van der Waals surface area contributed by atoms with Crippen LogP contribution < -0.4 is 4.74 Å². The Morgan fingerprint density at radius 3 is 1.88 bits per heavy atom. The minimum absolute atomic E-state index is 0.262. The van der Waals surface area contributed by atoms with Crippen molar-refractivity contribution in [1.82, 2.24) is 9.97 Å². The Morgan fingerprint density at radius 2 is 1.08 bits per heavy atom. The van der Waals surface area contributed by atoms with Crippen molar-refractivity contribution in [2.75, 3.05) is 0 Å².